The van der Waals surface area contributed by atoms with Gasteiger partial charge in [-0.2, -0.15) is 0 Å². The molecule has 0 saturated carbocycles. The number of aromatic nitrogens is 1. The Bertz CT molecular complexity index is 561. The molecule has 0 aliphatic carbocycles. The molecule has 5 nitrogen and oxygen atoms in total. The van der Waals surface area contributed by atoms with Gasteiger partial charge in [-0.1, -0.05) is 12.1 Å². The molecule has 5 heteroatoms. The van der Waals surface area contributed by atoms with Crippen molar-refractivity contribution in [3.05, 3.63) is 35.9 Å². The number of aromatic amines is 1. The normalized spacial score (nSPS) is 10.2. The number of methoxy groups -OCH3 is 1. The van der Waals surface area contributed by atoms with Gasteiger partial charge in [0.1, 0.15) is 11.6 Å². The van der Waals surface area contributed by atoms with E-state index in [1.807, 2.05) is 24.3 Å². The Morgan fingerprint density at radius 2 is 2.12 bits per heavy atom. The molecule has 0 fully saturated rings. The molecule has 2 aromatic rings. The molecule has 0 radical (unpaired) electrons. The Kier molecular flexibility index (Phi) is 2.74. The molecule has 0 unspecified atom stereocenters. The van der Waals surface area contributed by atoms with Crippen molar-refractivity contribution in [3.8, 4) is 17.0 Å². The molecule has 2 rings (SSSR count). The average molecular weight is 231 g/mol. The predicted molar refractivity (Wildman–Crippen MR) is 65.7 cm³/mol. The third-order valence-electron chi connectivity index (χ3n) is 2.49. The molecule has 0 bridgehead atoms. The third kappa shape index (κ3) is 2.08. The molecular formula is C12H13N3O2. The van der Waals surface area contributed by atoms with Gasteiger partial charge in [-0.3, -0.25) is 4.79 Å². The highest BCUT2D eigenvalue weighted by Gasteiger charge is 2.11. The van der Waals surface area contributed by atoms with E-state index >= 15 is 0 Å². The molecule has 1 aromatic carbocycles. The first-order chi connectivity index (χ1) is 8.11. The van der Waals surface area contributed by atoms with Gasteiger partial charge in [0.2, 0.25) is 0 Å². The summed E-state index contributed by atoms with van der Waals surface area (Å²) in [5.74, 6) is 0.458. The van der Waals surface area contributed by atoms with E-state index in [0.717, 1.165) is 17.0 Å². The second kappa shape index (κ2) is 4.21. The maximum atomic E-state index is 11.1. The molecular weight excluding hydrogens is 218 g/mol. The van der Waals surface area contributed by atoms with Crippen molar-refractivity contribution in [2.24, 2.45) is 5.73 Å². The molecule has 0 aliphatic rings. The van der Waals surface area contributed by atoms with Gasteiger partial charge in [0.05, 0.1) is 12.7 Å². The number of nitrogens with one attached hydrogen (secondary N) is 1. The minimum Gasteiger partial charge on any atom is -0.497 e. The van der Waals surface area contributed by atoms with Crippen LogP contribution in [0.15, 0.2) is 30.3 Å². The van der Waals surface area contributed by atoms with E-state index in [2.05, 4.69) is 4.98 Å². The van der Waals surface area contributed by atoms with Gasteiger partial charge in [-0.15, -0.1) is 0 Å². The Morgan fingerprint density at radius 1 is 1.35 bits per heavy atom. The van der Waals surface area contributed by atoms with Crippen LogP contribution < -0.4 is 16.2 Å². The van der Waals surface area contributed by atoms with Crippen molar-refractivity contribution >= 4 is 11.7 Å². The van der Waals surface area contributed by atoms with E-state index in [4.69, 9.17) is 16.2 Å². The summed E-state index contributed by atoms with van der Waals surface area (Å²) < 4.78 is 5.12. The van der Waals surface area contributed by atoms with Gasteiger partial charge in [0.15, 0.2) is 0 Å². The van der Waals surface area contributed by atoms with Crippen LogP contribution in [0.25, 0.3) is 11.3 Å². The van der Waals surface area contributed by atoms with Crippen molar-refractivity contribution in [2.45, 2.75) is 0 Å². The average Bonchev–Trinajstić information content (AvgIpc) is 2.71. The highest BCUT2D eigenvalue weighted by Crippen LogP contribution is 2.26. The summed E-state index contributed by atoms with van der Waals surface area (Å²) in [6, 6.07) is 9.06. The number of benzene rings is 1. The summed E-state index contributed by atoms with van der Waals surface area (Å²) in [5, 5.41) is 0. The summed E-state index contributed by atoms with van der Waals surface area (Å²) in [6.07, 6.45) is 0. The van der Waals surface area contributed by atoms with Crippen LogP contribution in [0.5, 0.6) is 5.75 Å². The van der Waals surface area contributed by atoms with Crippen LogP contribution in [-0.2, 0) is 0 Å². The lowest BCUT2D eigenvalue weighted by Crippen LogP contribution is -2.11. The fourth-order valence-corrected chi connectivity index (χ4v) is 1.62. The van der Waals surface area contributed by atoms with E-state index in [-0.39, 0.29) is 5.82 Å². The summed E-state index contributed by atoms with van der Waals surface area (Å²) >= 11 is 0. The van der Waals surface area contributed by atoms with Crippen LogP contribution in [-0.4, -0.2) is 18.0 Å². The Morgan fingerprint density at radius 3 is 2.71 bits per heavy atom. The van der Waals surface area contributed by atoms with Gasteiger partial charge in [-0.05, 0) is 18.2 Å². The quantitative estimate of drug-likeness (QED) is 0.744. The number of nitrogen functional groups attached to an aromatic ring is 1. The molecule has 0 spiro atoms. The SMILES string of the molecule is COc1cccc(-c2cc(C(N)=O)c(N)[nH]2)c1. The number of anilines is 1. The second-order valence-electron chi connectivity index (χ2n) is 3.61. The van der Waals surface area contributed by atoms with E-state index < -0.39 is 5.91 Å². The zero-order chi connectivity index (χ0) is 12.4. The van der Waals surface area contributed by atoms with Crippen molar-refractivity contribution in [1.82, 2.24) is 4.98 Å². The minimum atomic E-state index is -0.548. The number of carbonyl (C=O) groups is 1. The smallest absolute Gasteiger partial charge is 0.252 e. The topological polar surface area (TPSA) is 94.1 Å². The number of primary amides is 1. The predicted octanol–water partition coefficient (Wildman–Crippen LogP) is 1.37. The lowest BCUT2D eigenvalue weighted by molar-refractivity contribution is 0.100. The number of hydrogen-bond acceptors (Lipinski definition) is 3. The third-order valence-corrected chi connectivity index (χ3v) is 2.49. The van der Waals surface area contributed by atoms with Crippen molar-refractivity contribution < 1.29 is 9.53 Å². The van der Waals surface area contributed by atoms with E-state index in [0.29, 0.717) is 5.56 Å². The van der Waals surface area contributed by atoms with E-state index in [1.54, 1.807) is 13.2 Å². The van der Waals surface area contributed by atoms with Crippen molar-refractivity contribution in [1.29, 1.82) is 0 Å². The number of ether oxygens (including phenoxy) is 1. The van der Waals surface area contributed by atoms with Gasteiger partial charge in [-0.25, -0.2) is 0 Å². The first kappa shape index (κ1) is 11.1. The Labute approximate surface area is 98.4 Å². The Hall–Kier alpha value is -2.43. The summed E-state index contributed by atoms with van der Waals surface area (Å²) in [5.41, 5.74) is 12.8. The lowest BCUT2D eigenvalue weighted by Gasteiger charge is -2.02. The van der Waals surface area contributed by atoms with Crippen LogP contribution >= 0.6 is 0 Å². The van der Waals surface area contributed by atoms with Gasteiger partial charge < -0.3 is 21.2 Å². The molecule has 1 aromatic heterocycles. The number of nitrogens with two attached hydrogens (primary N) is 2. The fraction of sp³-hybridized carbons (Fsp3) is 0.0833. The molecule has 5 N–H and O–H groups in total. The van der Waals surface area contributed by atoms with Crippen LogP contribution in [0.4, 0.5) is 5.82 Å². The largest absolute Gasteiger partial charge is 0.497 e. The van der Waals surface area contributed by atoms with E-state index in [1.165, 1.54) is 0 Å². The number of hydrogen-bond donors (Lipinski definition) is 3. The monoisotopic (exact) mass is 231 g/mol. The molecule has 88 valence electrons. The van der Waals surface area contributed by atoms with Crippen LogP contribution in [0.1, 0.15) is 10.4 Å². The number of amides is 1. The van der Waals surface area contributed by atoms with Gasteiger partial charge in [0, 0.05) is 11.3 Å². The van der Waals surface area contributed by atoms with Gasteiger partial charge in [0.25, 0.3) is 5.91 Å². The highest BCUT2D eigenvalue weighted by atomic mass is 16.5. The maximum Gasteiger partial charge on any atom is 0.252 e. The van der Waals surface area contributed by atoms with Crippen molar-refractivity contribution in [3.63, 3.8) is 0 Å². The summed E-state index contributed by atoms with van der Waals surface area (Å²) in [7, 11) is 1.59. The highest BCUT2D eigenvalue weighted by molar-refractivity contribution is 5.99. The minimum absolute atomic E-state index is 0.273. The molecule has 1 heterocycles. The summed E-state index contributed by atoms with van der Waals surface area (Å²) in [6.45, 7) is 0. The maximum absolute atomic E-state index is 11.1. The van der Waals surface area contributed by atoms with Gasteiger partial charge >= 0.3 is 0 Å². The Balaban J connectivity index is 2.46. The van der Waals surface area contributed by atoms with Crippen LogP contribution in [0.2, 0.25) is 0 Å². The molecule has 0 atom stereocenters. The summed E-state index contributed by atoms with van der Waals surface area (Å²) in [4.78, 5) is 14.0. The number of rotatable bonds is 3. The van der Waals surface area contributed by atoms with Crippen LogP contribution in [0, 0.1) is 0 Å². The number of H-pyrrole nitrogens is 1. The molecule has 0 saturated heterocycles. The first-order valence-electron chi connectivity index (χ1n) is 5.04. The van der Waals surface area contributed by atoms with E-state index in [9.17, 15) is 4.79 Å². The van der Waals surface area contributed by atoms with Crippen LogP contribution in [0.3, 0.4) is 0 Å². The first-order valence-corrected chi connectivity index (χ1v) is 5.04. The molecule has 17 heavy (non-hydrogen) atoms. The van der Waals surface area contributed by atoms with Crippen molar-refractivity contribution in [2.75, 3.05) is 12.8 Å². The lowest BCUT2D eigenvalue weighted by atomic mass is 10.1. The second-order valence-corrected chi connectivity index (χ2v) is 3.61. The fourth-order valence-electron chi connectivity index (χ4n) is 1.62. The zero-order valence-corrected chi connectivity index (χ0v) is 9.36. The zero-order valence-electron chi connectivity index (χ0n) is 9.36. The number of carbonyl (C=O) groups excluding carboxylic acids is 1. The molecule has 0 aliphatic heterocycles. The molecule has 1 amide bonds. The standard InChI is InChI=1S/C12H13N3O2/c1-17-8-4-2-3-7(5-8)10-6-9(12(14)16)11(13)15-10/h2-6,15H,13H2,1H3,(H2,14,16).